The number of unbranched alkanes of at least 4 members (excludes halogenated alkanes) is 1. The van der Waals surface area contributed by atoms with Crippen molar-refractivity contribution in [1.82, 2.24) is 9.78 Å². The van der Waals surface area contributed by atoms with Crippen LogP contribution in [0.15, 0.2) is 77.9 Å². The van der Waals surface area contributed by atoms with Crippen LogP contribution in [0.4, 0.5) is 4.79 Å². The lowest BCUT2D eigenvalue weighted by atomic mass is 10.2. The van der Waals surface area contributed by atoms with Crippen molar-refractivity contribution in [2.75, 3.05) is 6.61 Å². The van der Waals surface area contributed by atoms with Gasteiger partial charge in [-0.05, 0) is 24.1 Å². The van der Waals surface area contributed by atoms with Crippen molar-refractivity contribution < 1.29 is 9.53 Å². The third kappa shape index (κ3) is 5.82. The fourth-order valence-electron chi connectivity index (χ4n) is 2.50. The first-order valence-electron chi connectivity index (χ1n) is 9.29. The van der Waals surface area contributed by atoms with Crippen LogP contribution in [0, 0.1) is 0 Å². The van der Waals surface area contributed by atoms with Gasteiger partial charge in [-0.15, -0.1) is 0 Å². The highest BCUT2D eigenvalue weighted by Crippen LogP contribution is 2.16. The van der Waals surface area contributed by atoms with Gasteiger partial charge in [0.25, 0.3) is 0 Å². The monoisotopic (exact) mass is 393 g/mol. The van der Waals surface area contributed by atoms with Gasteiger partial charge in [-0.25, -0.2) is 9.67 Å². The Morgan fingerprint density at radius 1 is 1.11 bits per heavy atom. The van der Waals surface area contributed by atoms with E-state index in [4.69, 9.17) is 4.74 Å². The molecule has 6 heteroatoms. The molecule has 0 radical (unpaired) electrons. The van der Waals surface area contributed by atoms with Crippen LogP contribution in [-0.2, 0) is 5.75 Å². The number of carbonyl (C=O) groups excluding carboxylic acids is 1. The first-order valence-corrected chi connectivity index (χ1v) is 10.3. The van der Waals surface area contributed by atoms with Crippen LogP contribution in [0.3, 0.4) is 0 Å². The second-order valence-electron chi connectivity index (χ2n) is 6.15. The topological polar surface area (TPSA) is 56.5 Å². The zero-order chi connectivity index (χ0) is 19.6. The Hall–Kier alpha value is -2.86. The van der Waals surface area contributed by atoms with Crippen molar-refractivity contribution in [1.29, 1.82) is 0 Å². The van der Waals surface area contributed by atoms with Crippen molar-refractivity contribution in [2.45, 2.75) is 25.5 Å². The number of benzene rings is 2. The molecule has 0 saturated heterocycles. The average Bonchev–Trinajstić information content (AvgIpc) is 2.74. The number of aromatic nitrogens is 2. The molecule has 0 N–H and O–H groups in total. The number of amides is 1. The molecule has 144 valence electrons. The van der Waals surface area contributed by atoms with Crippen molar-refractivity contribution in [3.05, 3.63) is 83.8 Å². The van der Waals surface area contributed by atoms with Crippen LogP contribution in [0.5, 0.6) is 5.88 Å². The molecule has 0 unspecified atom stereocenters. The van der Waals surface area contributed by atoms with E-state index in [1.807, 2.05) is 60.7 Å². The predicted octanol–water partition coefficient (Wildman–Crippen LogP) is 5.01. The minimum Gasteiger partial charge on any atom is -0.478 e. The maximum absolute atomic E-state index is 12.2. The summed E-state index contributed by atoms with van der Waals surface area (Å²) in [5.41, 5.74) is 1.98. The summed E-state index contributed by atoms with van der Waals surface area (Å²) in [6.45, 7) is 2.70. The molecule has 2 aromatic carbocycles. The molecule has 0 aliphatic heterocycles. The Bertz CT molecular complexity index is 956. The Morgan fingerprint density at radius 3 is 2.54 bits per heavy atom. The lowest BCUT2D eigenvalue weighted by molar-refractivity contribution is 0.266. The van der Waals surface area contributed by atoms with E-state index < -0.39 is 0 Å². The van der Waals surface area contributed by atoms with Crippen molar-refractivity contribution in [3.8, 4) is 11.6 Å². The highest BCUT2D eigenvalue weighted by Gasteiger charge is 2.07. The number of rotatable bonds is 7. The molecule has 1 aromatic heterocycles. The predicted molar refractivity (Wildman–Crippen MR) is 113 cm³/mol. The molecule has 0 aliphatic rings. The molecule has 3 rings (SSSR count). The van der Waals surface area contributed by atoms with Crippen molar-refractivity contribution in [3.63, 3.8) is 0 Å². The largest absolute Gasteiger partial charge is 0.478 e. The van der Waals surface area contributed by atoms with E-state index in [0.717, 1.165) is 24.1 Å². The van der Waals surface area contributed by atoms with Crippen LogP contribution >= 0.6 is 11.8 Å². The van der Waals surface area contributed by atoms with Gasteiger partial charge in [0.15, 0.2) is 0 Å². The lowest BCUT2D eigenvalue weighted by Gasteiger charge is -2.13. The smallest absolute Gasteiger partial charge is 0.305 e. The summed E-state index contributed by atoms with van der Waals surface area (Å²) in [6, 6.07) is 21.4. The molecule has 0 spiro atoms. The average molecular weight is 394 g/mol. The lowest BCUT2D eigenvalue weighted by Crippen LogP contribution is -2.15. The third-order valence-corrected chi connectivity index (χ3v) is 4.78. The van der Waals surface area contributed by atoms with Crippen molar-refractivity contribution in [2.24, 2.45) is 4.99 Å². The van der Waals surface area contributed by atoms with Crippen LogP contribution in [0.25, 0.3) is 5.69 Å². The highest BCUT2D eigenvalue weighted by molar-refractivity contribution is 8.12. The summed E-state index contributed by atoms with van der Waals surface area (Å²) in [7, 11) is 0. The van der Waals surface area contributed by atoms with Crippen LogP contribution in [0.2, 0.25) is 0 Å². The van der Waals surface area contributed by atoms with Crippen LogP contribution in [-0.4, -0.2) is 21.6 Å². The Labute approximate surface area is 169 Å². The maximum Gasteiger partial charge on any atom is 0.305 e. The van der Waals surface area contributed by atoms with Gasteiger partial charge in [0.2, 0.25) is 5.88 Å². The maximum atomic E-state index is 12.2. The van der Waals surface area contributed by atoms with Gasteiger partial charge in [0, 0.05) is 11.8 Å². The number of carbonyl (C=O) groups is 1. The molecule has 0 aliphatic carbocycles. The number of hydrogen-bond donors (Lipinski definition) is 0. The van der Waals surface area contributed by atoms with Gasteiger partial charge < -0.3 is 4.74 Å². The molecule has 0 bridgehead atoms. The van der Waals surface area contributed by atoms with Gasteiger partial charge >= 0.3 is 5.24 Å². The fourth-order valence-corrected chi connectivity index (χ4v) is 3.16. The second-order valence-corrected chi connectivity index (χ2v) is 7.08. The van der Waals surface area contributed by atoms with E-state index in [0.29, 0.717) is 23.6 Å². The molecule has 3 aromatic rings. The van der Waals surface area contributed by atoms with E-state index in [1.54, 1.807) is 16.9 Å². The number of nitrogens with zero attached hydrogens (tertiary/aromatic N) is 3. The molecule has 1 amide bonds. The Morgan fingerprint density at radius 2 is 1.82 bits per heavy atom. The van der Waals surface area contributed by atoms with E-state index in [9.17, 15) is 4.79 Å². The molecule has 0 saturated carbocycles. The Kier molecular flexibility index (Phi) is 7.44. The quantitative estimate of drug-likeness (QED) is 0.530. The van der Waals surface area contributed by atoms with Gasteiger partial charge in [0.1, 0.15) is 0 Å². The van der Waals surface area contributed by atoms with E-state index in [-0.39, 0.29) is 5.24 Å². The third-order valence-electron chi connectivity index (χ3n) is 3.96. The van der Waals surface area contributed by atoms with E-state index in [1.165, 1.54) is 11.8 Å². The molecular formula is C22H23N3O2S. The minimum absolute atomic E-state index is 0.248. The summed E-state index contributed by atoms with van der Waals surface area (Å²) in [6.07, 6.45) is 3.57. The van der Waals surface area contributed by atoms with Crippen LogP contribution in [0.1, 0.15) is 25.3 Å². The molecule has 5 nitrogen and oxygen atoms in total. The summed E-state index contributed by atoms with van der Waals surface area (Å²) >= 11 is 1.17. The first kappa shape index (κ1) is 19.9. The molecule has 1 heterocycles. The highest BCUT2D eigenvalue weighted by atomic mass is 32.2. The molecule has 28 heavy (non-hydrogen) atoms. The molecular weight excluding hydrogens is 370 g/mol. The minimum atomic E-state index is -0.248. The number of thioether (sulfide) groups is 1. The first-order chi connectivity index (χ1) is 13.8. The summed E-state index contributed by atoms with van der Waals surface area (Å²) in [5, 5.41) is 4.68. The van der Waals surface area contributed by atoms with Crippen molar-refractivity contribution >= 4 is 17.0 Å². The standard InChI is InChI=1S/C22H23N3O2S/c1-2-3-14-27-21-15-19(16-23-25(21)20-12-8-5-9-13-20)24-22(26)28-17-18-10-6-4-7-11-18/h4-13,15-16H,2-3,14,17H2,1H3. The second kappa shape index (κ2) is 10.5. The summed E-state index contributed by atoms with van der Waals surface area (Å²) in [4.78, 5) is 16.4. The van der Waals surface area contributed by atoms with Gasteiger partial charge in [-0.3, -0.25) is 4.79 Å². The zero-order valence-corrected chi connectivity index (χ0v) is 16.6. The summed E-state index contributed by atoms with van der Waals surface area (Å²) in [5.74, 6) is 1.16. The molecule has 0 fully saturated rings. The zero-order valence-electron chi connectivity index (χ0n) is 15.8. The normalized spacial score (nSPS) is 11.4. The Balaban J connectivity index is 1.79. The van der Waals surface area contributed by atoms with Gasteiger partial charge in [-0.2, -0.15) is 5.10 Å². The van der Waals surface area contributed by atoms with Gasteiger partial charge in [0.05, 0.1) is 23.8 Å². The van der Waals surface area contributed by atoms with E-state index in [2.05, 4.69) is 17.0 Å². The van der Waals surface area contributed by atoms with Crippen LogP contribution < -0.4 is 10.1 Å². The number of para-hydroxylation sites is 1. The van der Waals surface area contributed by atoms with Gasteiger partial charge in [-0.1, -0.05) is 73.6 Å². The molecule has 0 atom stereocenters. The number of ether oxygens (including phenoxy) is 1. The summed E-state index contributed by atoms with van der Waals surface area (Å²) < 4.78 is 7.62. The number of hydrogen-bond acceptors (Lipinski definition) is 4. The fraction of sp³-hybridized carbons (Fsp3) is 0.227. The van der Waals surface area contributed by atoms with E-state index >= 15 is 0 Å². The SMILES string of the molecule is CCCCOc1cc(=NC(=O)SCc2ccccc2)cnn1-c1ccccc1.